The molecule has 3 aromatic rings. The Hall–Kier alpha value is -1.10. The van der Waals surface area contributed by atoms with E-state index in [2.05, 4.69) is 69.2 Å². The number of piperazine rings is 1. The molecule has 21 heavy (non-hydrogen) atoms. The molecule has 0 atom stereocenters. The van der Waals surface area contributed by atoms with Crippen LogP contribution in [0.3, 0.4) is 0 Å². The highest BCUT2D eigenvalue weighted by Crippen LogP contribution is 2.39. The second-order valence-electron chi connectivity index (χ2n) is 5.69. The lowest BCUT2D eigenvalue weighted by molar-refractivity contribution is 0.313. The second kappa shape index (κ2) is 5.27. The van der Waals surface area contributed by atoms with Crippen molar-refractivity contribution in [2.24, 2.45) is 0 Å². The summed E-state index contributed by atoms with van der Waals surface area (Å²) in [5.41, 5.74) is 1.36. The van der Waals surface area contributed by atoms with Crippen molar-refractivity contribution in [3.05, 3.63) is 40.9 Å². The van der Waals surface area contributed by atoms with Gasteiger partial charge in [-0.1, -0.05) is 12.1 Å². The lowest BCUT2D eigenvalue weighted by Crippen LogP contribution is -2.44. The second-order valence-corrected chi connectivity index (χ2v) is 7.60. The largest absolute Gasteiger partial charge is 0.369 e. The van der Waals surface area contributed by atoms with E-state index in [0.29, 0.717) is 0 Å². The molecule has 1 aliphatic rings. The van der Waals surface area contributed by atoms with Gasteiger partial charge in [-0.05, 0) is 47.2 Å². The van der Waals surface area contributed by atoms with Crippen molar-refractivity contribution >= 4 is 53.1 Å². The van der Waals surface area contributed by atoms with E-state index in [1.165, 1.54) is 30.3 Å². The highest BCUT2D eigenvalue weighted by molar-refractivity contribution is 9.10. The Kier molecular flexibility index (Phi) is 3.40. The van der Waals surface area contributed by atoms with Gasteiger partial charge in [0.2, 0.25) is 0 Å². The third-order valence-electron chi connectivity index (χ3n) is 4.30. The first kappa shape index (κ1) is 13.6. The van der Waals surface area contributed by atoms with Crippen molar-refractivity contribution in [3.8, 4) is 0 Å². The van der Waals surface area contributed by atoms with Gasteiger partial charge in [-0.3, -0.25) is 0 Å². The smallest absolute Gasteiger partial charge is 0.0497 e. The van der Waals surface area contributed by atoms with Crippen molar-refractivity contribution < 1.29 is 0 Å². The first-order valence-electron chi connectivity index (χ1n) is 7.27. The van der Waals surface area contributed by atoms with Crippen LogP contribution >= 0.6 is 27.3 Å². The normalized spacial score (nSPS) is 17.0. The van der Waals surface area contributed by atoms with Gasteiger partial charge in [0.1, 0.15) is 0 Å². The number of anilines is 1. The number of halogens is 1. The zero-order chi connectivity index (χ0) is 14.4. The maximum absolute atomic E-state index is 3.67. The predicted octanol–water partition coefficient (Wildman–Crippen LogP) is 4.57. The molecule has 4 rings (SSSR count). The van der Waals surface area contributed by atoms with Gasteiger partial charge in [-0.15, -0.1) is 11.3 Å². The van der Waals surface area contributed by atoms with E-state index in [-0.39, 0.29) is 0 Å². The number of nitrogens with zero attached hydrogens (tertiary/aromatic N) is 2. The van der Waals surface area contributed by atoms with Crippen LogP contribution in [0.1, 0.15) is 0 Å². The molecule has 1 aromatic heterocycles. The SMILES string of the molecule is CN1CCN(c2ccc3sc4c(Br)cccc4c3c2)CC1. The van der Waals surface area contributed by atoms with Crippen LogP contribution in [0.15, 0.2) is 40.9 Å². The van der Waals surface area contributed by atoms with Crippen LogP contribution < -0.4 is 4.90 Å². The minimum Gasteiger partial charge on any atom is -0.369 e. The standard InChI is InChI=1S/C17H17BrN2S/c1-19-7-9-20(10-8-19)12-5-6-16-14(11-12)13-3-2-4-15(18)17(13)21-16/h2-6,11H,7-10H2,1H3. The van der Waals surface area contributed by atoms with Gasteiger partial charge in [0.05, 0.1) is 0 Å². The summed E-state index contributed by atoms with van der Waals surface area (Å²) >= 11 is 5.54. The Labute approximate surface area is 137 Å². The van der Waals surface area contributed by atoms with E-state index < -0.39 is 0 Å². The van der Waals surface area contributed by atoms with Crippen LogP contribution in [-0.2, 0) is 0 Å². The monoisotopic (exact) mass is 360 g/mol. The molecule has 1 saturated heterocycles. The molecule has 0 aliphatic carbocycles. The third-order valence-corrected chi connectivity index (χ3v) is 6.44. The van der Waals surface area contributed by atoms with Crippen molar-refractivity contribution in [2.45, 2.75) is 0 Å². The number of hydrogen-bond acceptors (Lipinski definition) is 3. The molecule has 0 spiro atoms. The molecular weight excluding hydrogens is 344 g/mol. The molecule has 0 bridgehead atoms. The number of rotatable bonds is 1. The van der Waals surface area contributed by atoms with E-state index in [9.17, 15) is 0 Å². The average molecular weight is 361 g/mol. The third kappa shape index (κ3) is 2.35. The maximum Gasteiger partial charge on any atom is 0.0497 e. The zero-order valence-corrected chi connectivity index (χ0v) is 14.4. The number of fused-ring (bicyclic) bond motifs is 3. The summed E-state index contributed by atoms with van der Waals surface area (Å²) in [5, 5.41) is 2.74. The summed E-state index contributed by atoms with van der Waals surface area (Å²) < 4.78 is 3.92. The van der Waals surface area contributed by atoms with Crippen LogP contribution in [0, 0.1) is 0 Å². The Morgan fingerprint density at radius 2 is 1.81 bits per heavy atom. The Morgan fingerprint density at radius 1 is 1.00 bits per heavy atom. The maximum atomic E-state index is 3.67. The molecule has 4 heteroatoms. The van der Waals surface area contributed by atoms with Crippen molar-refractivity contribution in [2.75, 3.05) is 38.1 Å². The van der Waals surface area contributed by atoms with Crippen molar-refractivity contribution in [1.82, 2.24) is 4.90 Å². The number of hydrogen-bond donors (Lipinski definition) is 0. The van der Waals surface area contributed by atoms with Crippen LogP contribution in [-0.4, -0.2) is 38.1 Å². The molecule has 0 radical (unpaired) electrons. The van der Waals surface area contributed by atoms with Crippen LogP contribution in [0.5, 0.6) is 0 Å². The summed E-state index contributed by atoms with van der Waals surface area (Å²) in [6, 6.07) is 13.4. The minimum atomic E-state index is 1.12. The Morgan fingerprint density at radius 3 is 2.62 bits per heavy atom. The molecule has 2 heterocycles. The van der Waals surface area contributed by atoms with E-state index >= 15 is 0 Å². The van der Waals surface area contributed by atoms with Gasteiger partial charge in [0, 0.05) is 56.5 Å². The van der Waals surface area contributed by atoms with E-state index in [1.807, 2.05) is 11.3 Å². The fourth-order valence-corrected chi connectivity index (χ4v) is 4.71. The highest BCUT2D eigenvalue weighted by atomic mass is 79.9. The summed E-state index contributed by atoms with van der Waals surface area (Å²) in [4.78, 5) is 4.90. The summed E-state index contributed by atoms with van der Waals surface area (Å²) in [5.74, 6) is 0. The van der Waals surface area contributed by atoms with Gasteiger partial charge >= 0.3 is 0 Å². The summed E-state index contributed by atoms with van der Waals surface area (Å²) in [6.45, 7) is 4.53. The fourth-order valence-electron chi connectivity index (χ4n) is 3.01. The fraction of sp³-hybridized carbons (Fsp3) is 0.294. The van der Waals surface area contributed by atoms with E-state index in [1.54, 1.807) is 0 Å². The minimum absolute atomic E-state index is 1.12. The zero-order valence-electron chi connectivity index (χ0n) is 12.0. The van der Waals surface area contributed by atoms with Gasteiger partial charge in [0.25, 0.3) is 0 Å². The Balaban J connectivity index is 1.82. The molecule has 1 fully saturated rings. The quantitative estimate of drug-likeness (QED) is 0.627. The van der Waals surface area contributed by atoms with Crippen molar-refractivity contribution in [1.29, 1.82) is 0 Å². The van der Waals surface area contributed by atoms with Crippen LogP contribution in [0.2, 0.25) is 0 Å². The number of benzene rings is 2. The molecule has 0 saturated carbocycles. The molecule has 0 amide bonds. The first-order chi connectivity index (χ1) is 10.2. The van der Waals surface area contributed by atoms with Crippen LogP contribution in [0.4, 0.5) is 5.69 Å². The summed E-state index contributed by atoms with van der Waals surface area (Å²) in [6.07, 6.45) is 0. The molecule has 0 N–H and O–H groups in total. The van der Waals surface area contributed by atoms with E-state index in [0.717, 1.165) is 26.2 Å². The van der Waals surface area contributed by atoms with Gasteiger partial charge in [-0.25, -0.2) is 0 Å². The van der Waals surface area contributed by atoms with Gasteiger partial charge in [-0.2, -0.15) is 0 Å². The lowest BCUT2D eigenvalue weighted by atomic mass is 10.1. The van der Waals surface area contributed by atoms with Crippen molar-refractivity contribution in [3.63, 3.8) is 0 Å². The first-order valence-corrected chi connectivity index (χ1v) is 8.87. The molecule has 108 valence electrons. The topological polar surface area (TPSA) is 6.48 Å². The van der Waals surface area contributed by atoms with Crippen LogP contribution in [0.25, 0.3) is 20.2 Å². The van der Waals surface area contributed by atoms with Gasteiger partial charge in [0.15, 0.2) is 0 Å². The molecule has 0 unspecified atom stereocenters. The van der Waals surface area contributed by atoms with E-state index in [4.69, 9.17) is 0 Å². The molecular formula is C17H17BrN2S. The number of likely N-dealkylation sites (N-methyl/N-ethyl adjacent to an activating group) is 1. The lowest BCUT2D eigenvalue weighted by Gasteiger charge is -2.34. The highest BCUT2D eigenvalue weighted by Gasteiger charge is 2.15. The van der Waals surface area contributed by atoms with Gasteiger partial charge < -0.3 is 9.80 Å². The summed E-state index contributed by atoms with van der Waals surface area (Å²) in [7, 11) is 2.20. The molecule has 1 aliphatic heterocycles. The average Bonchev–Trinajstić information content (AvgIpc) is 2.87. The predicted molar refractivity (Wildman–Crippen MR) is 96.7 cm³/mol. The molecule has 2 nitrogen and oxygen atoms in total. The number of thiophene rings is 1. The molecule has 2 aromatic carbocycles. The Bertz CT molecular complexity index is 803.